The first-order chi connectivity index (χ1) is 6.87. The molecule has 1 atom stereocenters. The lowest BCUT2D eigenvalue weighted by Gasteiger charge is -2.40. The highest BCUT2D eigenvalue weighted by Gasteiger charge is 2.41. The molecule has 1 N–H and O–H groups in total. The first kappa shape index (κ1) is 11.7. The third-order valence-corrected chi connectivity index (χ3v) is 2.65. The van der Waals surface area contributed by atoms with Gasteiger partial charge in [0.05, 0.1) is 24.1 Å². The maximum Gasteiger partial charge on any atom is 0.246 e. The Morgan fingerprint density at radius 2 is 2.20 bits per heavy atom. The van der Waals surface area contributed by atoms with Gasteiger partial charge in [-0.3, -0.25) is 19.8 Å². The maximum atomic E-state index is 11.5. The molecule has 0 aromatic carbocycles. The predicted molar refractivity (Wildman–Crippen MR) is 53.6 cm³/mol. The zero-order chi connectivity index (χ0) is 11.6. The van der Waals surface area contributed by atoms with Crippen molar-refractivity contribution < 1.29 is 9.59 Å². The van der Waals surface area contributed by atoms with Crippen LogP contribution in [0, 0.1) is 17.2 Å². The van der Waals surface area contributed by atoms with Crippen LogP contribution in [0.3, 0.4) is 0 Å². The Kier molecular flexibility index (Phi) is 3.10. The minimum Gasteiger partial charge on any atom is -0.294 e. The Balaban J connectivity index is 2.81. The second-order valence-corrected chi connectivity index (χ2v) is 4.35. The van der Waals surface area contributed by atoms with Crippen LogP contribution in [0.25, 0.3) is 0 Å². The largest absolute Gasteiger partial charge is 0.294 e. The second-order valence-electron chi connectivity index (χ2n) is 4.35. The van der Waals surface area contributed by atoms with Gasteiger partial charge in [0.1, 0.15) is 0 Å². The van der Waals surface area contributed by atoms with Gasteiger partial charge >= 0.3 is 0 Å². The van der Waals surface area contributed by atoms with Crippen LogP contribution in [0.1, 0.15) is 20.8 Å². The lowest BCUT2D eigenvalue weighted by atomic mass is 9.97. The SMILES string of the molecule is CC(C#N)CN1CC(=O)NC(=O)C1(C)C. The Morgan fingerprint density at radius 1 is 1.60 bits per heavy atom. The fraction of sp³-hybridized carbons (Fsp3) is 0.700. The Morgan fingerprint density at radius 3 is 2.73 bits per heavy atom. The van der Waals surface area contributed by atoms with Crippen molar-refractivity contribution in [3.63, 3.8) is 0 Å². The van der Waals surface area contributed by atoms with E-state index >= 15 is 0 Å². The normalized spacial score (nSPS) is 23.1. The predicted octanol–water partition coefficient (Wildman–Crippen LogP) is -0.117. The summed E-state index contributed by atoms with van der Waals surface area (Å²) in [6, 6.07) is 2.09. The molecular weight excluding hydrogens is 194 g/mol. The first-order valence-corrected chi connectivity index (χ1v) is 4.87. The van der Waals surface area contributed by atoms with E-state index in [9.17, 15) is 9.59 Å². The quantitative estimate of drug-likeness (QED) is 0.644. The van der Waals surface area contributed by atoms with Gasteiger partial charge < -0.3 is 0 Å². The van der Waals surface area contributed by atoms with Gasteiger partial charge in [-0.1, -0.05) is 0 Å². The van der Waals surface area contributed by atoms with Crippen molar-refractivity contribution in [3.05, 3.63) is 0 Å². The molecule has 0 spiro atoms. The van der Waals surface area contributed by atoms with E-state index in [1.807, 2.05) is 0 Å². The molecule has 1 saturated heterocycles. The topological polar surface area (TPSA) is 73.2 Å². The zero-order valence-corrected chi connectivity index (χ0v) is 9.20. The number of carbonyl (C=O) groups excluding carboxylic acids is 2. The standard InChI is InChI=1S/C10H15N3O2/c1-7(4-11)5-13-6-8(14)12-9(15)10(13,2)3/h7H,5-6H2,1-3H3,(H,12,14,15). The van der Waals surface area contributed by atoms with Gasteiger partial charge in [-0.2, -0.15) is 5.26 Å². The molecule has 0 saturated carbocycles. The molecule has 1 aliphatic heterocycles. The summed E-state index contributed by atoms with van der Waals surface area (Å²) in [6.45, 7) is 5.87. The van der Waals surface area contributed by atoms with Crippen LogP contribution in [0.5, 0.6) is 0 Å². The number of nitriles is 1. The van der Waals surface area contributed by atoms with Crippen molar-refractivity contribution in [3.8, 4) is 6.07 Å². The number of carbonyl (C=O) groups is 2. The number of rotatable bonds is 2. The summed E-state index contributed by atoms with van der Waals surface area (Å²) >= 11 is 0. The average molecular weight is 209 g/mol. The highest BCUT2D eigenvalue weighted by Crippen LogP contribution is 2.19. The number of nitrogens with one attached hydrogen (secondary N) is 1. The van der Waals surface area contributed by atoms with E-state index in [0.29, 0.717) is 6.54 Å². The fourth-order valence-corrected chi connectivity index (χ4v) is 1.50. The molecule has 1 unspecified atom stereocenters. The van der Waals surface area contributed by atoms with Gasteiger partial charge in [0.2, 0.25) is 11.8 Å². The van der Waals surface area contributed by atoms with Crippen LogP contribution in [0.4, 0.5) is 0 Å². The molecule has 15 heavy (non-hydrogen) atoms. The summed E-state index contributed by atoms with van der Waals surface area (Å²) in [5.41, 5.74) is -0.723. The number of hydrogen-bond donors (Lipinski definition) is 1. The molecule has 0 bridgehead atoms. The summed E-state index contributed by atoms with van der Waals surface area (Å²) in [6.07, 6.45) is 0. The lowest BCUT2D eigenvalue weighted by molar-refractivity contribution is -0.145. The van der Waals surface area contributed by atoms with E-state index in [1.54, 1.807) is 25.7 Å². The molecule has 0 radical (unpaired) electrons. The van der Waals surface area contributed by atoms with Crippen molar-refractivity contribution in [2.45, 2.75) is 26.3 Å². The highest BCUT2D eigenvalue weighted by molar-refractivity contribution is 6.02. The van der Waals surface area contributed by atoms with Crippen LogP contribution >= 0.6 is 0 Å². The van der Waals surface area contributed by atoms with Crippen LogP contribution in [-0.4, -0.2) is 35.3 Å². The molecule has 5 heteroatoms. The molecule has 5 nitrogen and oxygen atoms in total. The number of piperazine rings is 1. The van der Waals surface area contributed by atoms with E-state index in [-0.39, 0.29) is 24.3 Å². The van der Waals surface area contributed by atoms with Crippen molar-refractivity contribution >= 4 is 11.8 Å². The van der Waals surface area contributed by atoms with Gasteiger partial charge in [0.15, 0.2) is 0 Å². The van der Waals surface area contributed by atoms with Crippen molar-refractivity contribution in [2.24, 2.45) is 5.92 Å². The monoisotopic (exact) mass is 209 g/mol. The van der Waals surface area contributed by atoms with Gasteiger partial charge in [0.25, 0.3) is 0 Å². The molecule has 1 rings (SSSR count). The molecular formula is C10H15N3O2. The van der Waals surface area contributed by atoms with Crippen molar-refractivity contribution in [1.82, 2.24) is 10.2 Å². The third kappa shape index (κ3) is 2.34. The number of amides is 2. The molecule has 1 fully saturated rings. The summed E-state index contributed by atoms with van der Waals surface area (Å²) < 4.78 is 0. The van der Waals surface area contributed by atoms with Crippen molar-refractivity contribution in [2.75, 3.05) is 13.1 Å². The molecule has 2 amide bonds. The van der Waals surface area contributed by atoms with Gasteiger partial charge in [-0.15, -0.1) is 0 Å². The van der Waals surface area contributed by atoms with Crippen LogP contribution in [0.2, 0.25) is 0 Å². The fourth-order valence-electron chi connectivity index (χ4n) is 1.50. The van der Waals surface area contributed by atoms with Crippen LogP contribution in [-0.2, 0) is 9.59 Å². The Bertz CT molecular complexity index is 330. The minimum absolute atomic E-state index is 0.171. The molecule has 82 valence electrons. The summed E-state index contributed by atoms with van der Waals surface area (Å²) in [5, 5.41) is 11.0. The van der Waals surface area contributed by atoms with E-state index in [2.05, 4.69) is 11.4 Å². The number of hydrogen-bond acceptors (Lipinski definition) is 4. The summed E-state index contributed by atoms with van der Waals surface area (Å²) in [5.74, 6) is -0.795. The number of imide groups is 1. The molecule has 1 aliphatic rings. The third-order valence-electron chi connectivity index (χ3n) is 2.65. The van der Waals surface area contributed by atoms with Gasteiger partial charge in [0, 0.05) is 6.54 Å². The van der Waals surface area contributed by atoms with E-state index < -0.39 is 5.54 Å². The summed E-state index contributed by atoms with van der Waals surface area (Å²) in [4.78, 5) is 24.5. The lowest BCUT2D eigenvalue weighted by Crippen LogP contribution is -2.64. The van der Waals surface area contributed by atoms with E-state index in [4.69, 9.17) is 5.26 Å². The maximum absolute atomic E-state index is 11.5. The zero-order valence-electron chi connectivity index (χ0n) is 9.20. The first-order valence-electron chi connectivity index (χ1n) is 4.87. The molecule has 0 aromatic rings. The van der Waals surface area contributed by atoms with Gasteiger partial charge in [-0.05, 0) is 20.8 Å². The Labute approximate surface area is 89.0 Å². The number of nitrogens with zero attached hydrogens (tertiary/aromatic N) is 2. The van der Waals surface area contributed by atoms with E-state index in [1.165, 1.54) is 0 Å². The molecule has 0 aliphatic carbocycles. The van der Waals surface area contributed by atoms with Gasteiger partial charge in [-0.25, -0.2) is 0 Å². The summed E-state index contributed by atoms with van der Waals surface area (Å²) in [7, 11) is 0. The van der Waals surface area contributed by atoms with E-state index in [0.717, 1.165) is 0 Å². The van der Waals surface area contributed by atoms with Crippen LogP contribution in [0.15, 0.2) is 0 Å². The highest BCUT2D eigenvalue weighted by atomic mass is 16.2. The average Bonchev–Trinajstić information content (AvgIpc) is 2.14. The molecule has 0 aromatic heterocycles. The minimum atomic E-state index is -0.723. The smallest absolute Gasteiger partial charge is 0.246 e. The second kappa shape index (κ2) is 3.99. The molecule has 1 heterocycles. The Hall–Kier alpha value is -1.41. The van der Waals surface area contributed by atoms with Crippen molar-refractivity contribution in [1.29, 1.82) is 5.26 Å². The van der Waals surface area contributed by atoms with Crippen LogP contribution < -0.4 is 5.32 Å².